The van der Waals surface area contributed by atoms with E-state index in [-0.39, 0.29) is 5.78 Å². The van der Waals surface area contributed by atoms with Crippen molar-refractivity contribution in [1.29, 1.82) is 0 Å². The molecule has 1 aromatic heterocycles. The second-order valence-electron chi connectivity index (χ2n) is 7.72. The first-order chi connectivity index (χ1) is 15.1. The molecule has 0 amide bonds. The summed E-state index contributed by atoms with van der Waals surface area (Å²) in [6, 6.07) is 24.0. The summed E-state index contributed by atoms with van der Waals surface area (Å²) >= 11 is 0. The van der Waals surface area contributed by atoms with Gasteiger partial charge in [-0.1, -0.05) is 66.2 Å². The molecule has 148 valence electrons. The van der Waals surface area contributed by atoms with Crippen LogP contribution in [0.5, 0.6) is 11.5 Å². The molecule has 0 saturated heterocycles. The summed E-state index contributed by atoms with van der Waals surface area (Å²) in [6.07, 6.45) is 0. The zero-order valence-electron chi connectivity index (χ0n) is 16.6. The Morgan fingerprint density at radius 3 is 2.19 bits per heavy atom. The second-order valence-corrected chi connectivity index (χ2v) is 7.72. The van der Waals surface area contributed by atoms with Crippen LogP contribution >= 0.6 is 0 Å². The van der Waals surface area contributed by atoms with E-state index in [4.69, 9.17) is 9.15 Å². The van der Waals surface area contributed by atoms with Crippen molar-refractivity contribution in [2.24, 2.45) is 0 Å². The number of hydrogen-bond acceptors (Lipinski definition) is 4. The van der Waals surface area contributed by atoms with E-state index in [1.54, 1.807) is 6.07 Å². The van der Waals surface area contributed by atoms with Gasteiger partial charge in [0.05, 0.1) is 5.56 Å². The van der Waals surface area contributed by atoms with Crippen LogP contribution in [0.3, 0.4) is 0 Å². The lowest BCUT2D eigenvalue weighted by Crippen LogP contribution is -2.14. The first kappa shape index (κ1) is 17.7. The quantitative estimate of drug-likeness (QED) is 0.253. The summed E-state index contributed by atoms with van der Waals surface area (Å²) in [4.78, 5) is 26.1. The molecule has 0 unspecified atom stereocenters. The molecule has 0 atom stereocenters. The zero-order chi connectivity index (χ0) is 21.1. The lowest BCUT2D eigenvalue weighted by Gasteiger charge is -2.23. The van der Waals surface area contributed by atoms with E-state index >= 15 is 0 Å². The van der Waals surface area contributed by atoms with Gasteiger partial charge in [-0.25, -0.2) is 4.79 Å². The molecular weight excluding hydrogens is 388 g/mol. The van der Waals surface area contributed by atoms with Crippen LogP contribution in [0.2, 0.25) is 0 Å². The van der Waals surface area contributed by atoms with Crippen molar-refractivity contribution >= 4 is 27.5 Å². The van der Waals surface area contributed by atoms with Gasteiger partial charge in [-0.2, -0.15) is 0 Å². The smallest absolute Gasteiger partial charge is 0.336 e. The van der Waals surface area contributed by atoms with E-state index in [0.29, 0.717) is 39.2 Å². The molecule has 0 bridgehead atoms. The molecule has 4 aromatic carbocycles. The predicted octanol–water partition coefficient (Wildman–Crippen LogP) is 6.26. The summed E-state index contributed by atoms with van der Waals surface area (Å²) in [5.74, 6) is 0.966. The number of rotatable bonds is 2. The molecule has 0 N–H and O–H groups in total. The molecule has 1 aliphatic rings. The van der Waals surface area contributed by atoms with Gasteiger partial charge in [0.1, 0.15) is 17.1 Å². The predicted molar refractivity (Wildman–Crippen MR) is 120 cm³/mol. The Morgan fingerprint density at radius 2 is 1.42 bits per heavy atom. The van der Waals surface area contributed by atoms with Crippen LogP contribution < -0.4 is 10.4 Å². The fourth-order valence-electron chi connectivity index (χ4n) is 4.37. The third-order valence-corrected chi connectivity index (χ3v) is 5.78. The molecule has 0 radical (unpaired) electrons. The third-order valence-electron chi connectivity index (χ3n) is 5.78. The molecule has 31 heavy (non-hydrogen) atoms. The maximum Gasteiger partial charge on any atom is 0.336 e. The molecule has 1 aliphatic carbocycles. The molecule has 6 rings (SSSR count). The Morgan fingerprint density at radius 1 is 0.742 bits per heavy atom. The summed E-state index contributed by atoms with van der Waals surface area (Å²) < 4.78 is 12.0. The summed E-state index contributed by atoms with van der Waals surface area (Å²) in [6.45, 7) is 2.01. The average Bonchev–Trinajstić information content (AvgIpc) is 2.79. The highest BCUT2D eigenvalue weighted by Crippen LogP contribution is 2.47. The van der Waals surface area contributed by atoms with Crippen molar-refractivity contribution < 1.29 is 13.9 Å². The molecule has 0 aliphatic heterocycles. The second kappa shape index (κ2) is 6.41. The molecule has 4 heteroatoms. The number of ketones is 1. The minimum Gasteiger partial charge on any atom is -0.456 e. The van der Waals surface area contributed by atoms with Gasteiger partial charge >= 0.3 is 5.63 Å². The highest BCUT2D eigenvalue weighted by molar-refractivity contribution is 6.31. The SMILES string of the molecule is Cc1ccc(Oc2c3c4c(cc(=O)oc4c4ccccc24)-c2ccccc2C3=O)cc1. The largest absolute Gasteiger partial charge is 0.456 e. The van der Waals surface area contributed by atoms with Gasteiger partial charge in [0.15, 0.2) is 5.78 Å². The number of hydrogen-bond donors (Lipinski definition) is 0. The summed E-state index contributed by atoms with van der Waals surface area (Å²) in [5, 5.41) is 2.07. The standard InChI is InChI=1S/C27H16O4/c1-15-10-12-16(13-11-15)30-27-20-9-5-4-8-19(20)26-23-21(14-22(28)31-26)17-6-2-3-7-18(17)25(29)24(23)27/h2-14H,1H3. The Kier molecular flexibility index (Phi) is 3.65. The van der Waals surface area contributed by atoms with Crippen molar-refractivity contribution in [3.63, 3.8) is 0 Å². The van der Waals surface area contributed by atoms with Crippen molar-refractivity contribution in [3.05, 3.63) is 106 Å². The lowest BCUT2D eigenvalue weighted by atomic mass is 9.82. The van der Waals surface area contributed by atoms with Crippen LogP contribution in [0.1, 0.15) is 21.5 Å². The Hall–Kier alpha value is -4.18. The van der Waals surface area contributed by atoms with Gasteiger partial charge < -0.3 is 9.15 Å². The van der Waals surface area contributed by atoms with E-state index in [1.807, 2.05) is 73.7 Å². The first-order valence-electron chi connectivity index (χ1n) is 10.0. The van der Waals surface area contributed by atoms with Crippen molar-refractivity contribution in [2.45, 2.75) is 6.92 Å². The first-order valence-corrected chi connectivity index (χ1v) is 10.0. The average molecular weight is 404 g/mol. The van der Waals surface area contributed by atoms with E-state index < -0.39 is 5.63 Å². The Balaban J connectivity index is 1.80. The van der Waals surface area contributed by atoms with Crippen LogP contribution in [0.4, 0.5) is 0 Å². The van der Waals surface area contributed by atoms with Crippen molar-refractivity contribution in [1.82, 2.24) is 0 Å². The van der Waals surface area contributed by atoms with Crippen LogP contribution in [0.25, 0.3) is 32.9 Å². The zero-order valence-corrected chi connectivity index (χ0v) is 16.6. The van der Waals surface area contributed by atoms with E-state index in [2.05, 4.69) is 0 Å². The fraction of sp³-hybridized carbons (Fsp3) is 0.0370. The molecule has 1 heterocycles. The molecule has 0 saturated carbocycles. The maximum absolute atomic E-state index is 13.7. The highest BCUT2D eigenvalue weighted by atomic mass is 16.5. The normalized spacial score (nSPS) is 12.2. The van der Waals surface area contributed by atoms with Crippen LogP contribution in [0.15, 0.2) is 88.1 Å². The Bertz CT molecular complexity index is 1590. The Labute approximate surface area is 177 Å². The van der Waals surface area contributed by atoms with Gasteiger partial charge in [-0.15, -0.1) is 0 Å². The van der Waals surface area contributed by atoms with E-state index in [1.165, 1.54) is 6.07 Å². The number of carbonyl (C=O) groups is 1. The minimum atomic E-state index is -0.449. The molecule has 0 fully saturated rings. The van der Waals surface area contributed by atoms with Crippen LogP contribution in [-0.2, 0) is 0 Å². The minimum absolute atomic E-state index is 0.144. The van der Waals surface area contributed by atoms with Crippen molar-refractivity contribution in [3.8, 4) is 22.6 Å². The highest BCUT2D eigenvalue weighted by Gasteiger charge is 2.32. The maximum atomic E-state index is 13.7. The lowest BCUT2D eigenvalue weighted by molar-refractivity contribution is 0.103. The molecule has 5 aromatic rings. The van der Waals surface area contributed by atoms with Gasteiger partial charge in [0.2, 0.25) is 0 Å². The van der Waals surface area contributed by atoms with Gasteiger partial charge in [-0.05, 0) is 24.6 Å². The van der Waals surface area contributed by atoms with Crippen molar-refractivity contribution in [2.75, 3.05) is 0 Å². The monoisotopic (exact) mass is 404 g/mol. The molecule has 0 spiro atoms. The van der Waals surface area contributed by atoms with Gasteiger partial charge in [0.25, 0.3) is 0 Å². The van der Waals surface area contributed by atoms with Gasteiger partial charge in [-0.3, -0.25) is 4.79 Å². The van der Waals surface area contributed by atoms with E-state index in [0.717, 1.165) is 21.9 Å². The molecule has 4 nitrogen and oxygen atoms in total. The number of aryl methyl sites for hydroxylation is 1. The van der Waals surface area contributed by atoms with Gasteiger partial charge in [0, 0.05) is 33.4 Å². The fourth-order valence-corrected chi connectivity index (χ4v) is 4.37. The third kappa shape index (κ3) is 2.55. The number of ether oxygens (including phenoxy) is 1. The van der Waals surface area contributed by atoms with Crippen LogP contribution in [0, 0.1) is 6.92 Å². The van der Waals surface area contributed by atoms with Crippen LogP contribution in [-0.4, -0.2) is 5.78 Å². The number of fused-ring (bicyclic) bond motifs is 4. The number of benzene rings is 4. The summed E-state index contributed by atoms with van der Waals surface area (Å²) in [5.41, 5.74) is 3.47. The topological polar surface area (TPSA) is 56.5 Å². The molecular formula is C27H16O4. The van der Waals surface area contributed by atoms with E-state index in [9.17, 15) is 9.59 Å². The summed E-state index contributed by atoms with van der Waals surface area (Å²) in [7, 11) is 0. The number of carbonyl (C=O) groups excluding carboxylic acids is 1.